The van der Waals surface area contributed by atoms with Gasteiger partial charge < -0.3 is 10.0 Å². The van der Waals surface area contributed by atoms with Gasteiger partial charge in [0.05, 0.1) is 15.6 Å². The van der Waals surface area contributed by atoms with Gasteiger partial charge in [-0.2, -0.15) is 0 Å². The number of halogens is 2. The fraction of sp³-hybridized carbons (Fsp3) is 0.500. The topological polar surface area (TPSA) is 40.5 Å². The van der Waals surface area contributed by atoms with Gasteiger partial charge in [0.25, 0.3) is 0 Å². The minimum atomic E-state index is -0.881. The maximum absolute atomic E-state index is 11.9. The van der Waals surface area contributed by atoms with Crippen molar-refractivity contribution < 1.29 is 9.90 Å². The molecular formula is C14H19Cl2NO2. The molecule has 0 unspecified atom stereocenters. The van der Waals surface area contributed by atoms with Gasteiger partial charge in [0.2, 0.25) is 5.91 Å². The zero-order valence-electron chi connectivity index (χ0n) is 11.4. The minimum Gasteiger partial charge on any atom is -0.389 e. The number of aliphatic hydroxyl groups is 1. The molecule has 106 valence electrons. The molecule has 0 atom stereocenters. The molecule has 0 aromatic heterocycles. The zero-order chi connectivity index (χ0) is 14.6. The second-order valence-corrected chi connectivity index (χ2v) is 6.13. The first-order valence-electron chi connectivity index (χ1n) is 6.09. The van der Waals surface area contributed by atoms with E-state index >= 15 is 0 Å². The first-order valence-corrected chi connectivity index (χ1v) is 6.85. The van der Waals surface area contributed by atoms with Crippen LogP contribution in [-0.4, -0.2) is 35.1 Å². The molecule has 0 aliphatic rings. The molecule has 3 nitrogen and oxygen atoms in total. The zero-order valence-corrected chi connectivity index (χ0v) is 12.9. The van der Waals surface area contributed by atoms with Crippen LogP contribution in [0.25, 0.3) is 0 Å². The molecule has 0 fully saturated rings. The van der Waals surface area contributed by atoms with E-state index in [0.717, 1.165) is 5.56 Å². The Morgan fingerprint density at radius 2 is 1.95 bits per heavy atom. The van der Waals surface area contributed by atoms with Crippen molar-refractivity contribution in [2.24, 2.45) is 0 Å². The van der Waals surface area contributed by atoms with E-state index in [-0.39, 0.29) is 5.91 Å². The molecule has 0 saturated carbocycles. The summed E-state index contributed by atoms with van der Waals surface area (Å²) in [4.78, 5) is 13.4. The van der Waals surface area contributed by atoms with Crippen LogP contribution in [0.1, 0.15) is 25.8 Å². The molecule has 0 spiro atoms. The SMILES string of the molecule is CN(CC(C)(C)O)C(=O)CCc1ccc(Cl)c(Cl)c1. The van der Waals surface area contributed by atoms with Crippen LogP contribution in [0, 0.1) is 0 Å². The summed E-state index contributed by atoms with van der Waals surface area (Å²) in [6.45, 7) is 3.67. The Kier molecular flexibility index (Phi) is 5.65. The quantitative estimate of drug-likeness (QED) is 0.908. The standard InChI is InChI=1S/C14H19Cl2NO2/c1-14(2,19)9-17(3)13(18)7-5-10-4-6-11(15)12(16)8-10/h4,6,8,19H,5,7,9H2,1-3H3. The van der Waals surface area contributed by atoms with Crippen molar-refractivity contribution >= 4 is 29.1 Å². The van der Waals surface area contributed by atoms with Crippen LogP contribution in [0.3, 0.4) is 0 Å². The predicted molar refractivity (Wildman–Crippen MR) is 78.7 cm³/mol. The van der Waals surface area contributed by atoms with E-state index in [1.165, 1.54) is 4.90 Å². The smallest absolute Gasteiger partial charge is 0.222 e. The van der Waals surface area contributed by atoms with Crippen molar-refractivity contribution in [1.29, 1.82) is 0 Å². The Morgan fingerprint density at radius 3 is 2.47 bits per heavy atom. The van der Waals surface area contributed by atoms with E-state index in [9.17, 15) is 9.90 Å². The molecule has 0 saturated heterocycles. The van der Waals surface area contributed by atoms with Gasteiger partial charge in [-0.05, 0) is 38.0 Å². The Bertz CT molecular complexity index is 455. The van der Waals surface area contributed by atoms with Crippen LogP contribution >= 0.6 is 23.2 Å². The van der Waals surface area contributed by atoms with Gasteiger partial charge in [-0.25, -0.2) is 0 Å². The number of hydrogen-bond acceptors (Lipinski definition) is 2. The Morgan fingerprint density at radius 1 is 1.32 bits per heavy atom. The maximum atomic E-state index is 11.9. The third-order valence-corrected chi connectivity index (χ3v) is 3.40. The summed E-state index contributed by atoms with van der Waals surface area (Å²) in [5, 5.41) is 10.7. The number of nitrogens with zero attached hydrogens (tertiary/aromatic N) is 1. The number of amides is 1. The van der Waals surface area contributed by atoms with Crippen molar-refractivity contribution in [3.8, 4) is 0 Å². The molecule has 5 heteroatoms. The van der Waals surface area contributed by atoms with Crippen molar-refractivity contribution in [1.82, 2.24) is 4.90 Å². The number of hydrogen-bond donors (Lipinski definition) is 1. The molecule has 1 amide bonds. The highest BCUT2D eigenvalue weighted by Gasteiger charge is 2.19. The number of rotatable bonds is 5. The molecule has 0 bridgehead atoms. The van der Waals surface area contributed by atoms with Crippen LogP contribution in [-0.2, 0) is 11.2 Å². The average Bonchev–Trinajstić information content (AvgIpc) is 2.28. The van der Waals surface area contributed by atoms with E-state index < -0.39 is 5.60 Å². The lowest BCUT2D eigenvalue weighted by Crippen LogP contribution is -2.39. The van der Waals surface area contributed by atoms with E-state index in [4.69, 9.17) is 23.2 Å². The second-order valence-electron chi connectivity index (χ2n) is 5.31. The Balaban J connectivity index is 2.52. The number of aryl methyl sites for hydroxylation is 1. The van der Waals surface area contributed by atoms with Gasteiger partial charge in [0.1, 0.15) is 0 Å². The summed E-state index contributed by atoms with van der Waals surface area (Å²) in [5.41, 5.74) is 0.0907. The lowest BCUT2D eigenvalue weighted by Gasteiger charge is -2.25. The maximum Gasteiger partial charge on any atom is 0.222 e. The van der Waals surface area contributed by atoms with Crippen LogP contribution in [0.2, 0.25) is 10.0 Å². The summed E-state index contributed by atoms with van der Waals surface area (Å²) < 4.78 is 0. The summed E-state index contributed by atoms with van der Waals surface area (Å²) in [7, 11) is 1.69. The molecule has 1 N–H and O–H groups in total. The highest BCUT2D eigenvalue weighted by molar-refractivity contribution is 6.42. The summed E-state index contributed by atoms with van der Waals surface area (Å²) in [5.74, 6) is -0.00630. The van der Waals surface area contributed by atoms with Gasteiger partial charge in [0.15, 0.2) is 0 Å². The second kappa shape index (κ2) is 6.60. The van der Waals surface area contributed by atoms with Crippen LogP contribution in [0.15, 0.2) is 18.2 Å². The third kappa shape index (κ3) is 5.81. The summed E-state index contributed by atoms with van der Waals surface area (Å²) in [6, 6.07) is 5.36. The Hall–Kier alpha value is -0.770. The van der Waals surface area contributed by atoms with Gasteiger partial charge in [0, 0.05) is 20.0 Å². The van der Waals surface area contributed by atoms with E-state index in [0.29, 0.717) is 29.4 Å². The largest absolute Gasteiger partial charge is 0.389 e. The molecule has 0 radical (unpaired) electrons. The normalized spacial score (nSPS) is 11.5. The van der Waals surface area contributed by atoms with Gasteiger partial charge >= 0.3 is 0 Å². The number of likely N-dealkylation sites (N-methyl/N-ethyl adjacent to an activating group) is 1. The predicted octanol–water partition coefficient (Wildman–Crippen LogP) is 3.16. The summed E-state index contributed by atoms with van der Waals surface area (Å²) in [6.07, 6.45) is 0.983. The molecule has 19 heavy (non-hydrogen) atoms. The molecule has 1 rings (SSSR count). The van der Waals surface area contributed by atoms with E-state index in [2.05, 4.69) is 0 Å². The van der Waals surface area contributed by atoms with Gasteiger partial charge in [-0.1, -0.05) is 29.3 Å². The molecule has 0 aliphatic heterocycles. The fourth-order valence-electron chi connectivity index (χ4n) is 1.81. The average molecular weight is 304 g/mol. The van der Waals surface area contributed by atoms with E-state index in [1.54, 1.807) is 33.0 Å². The molecular weight excluding hydrogens is 285 g/mol. The lowest BCUT2D eigenvalue weighted by atomic mass is 10.1. The van der Waals surface area contributed by atoms with Gasteiger partial charge in [-0.3, -0.25) is 4.79 Å². The van der Waals surface area contributed by atoms with Crippen molar-refractivity contribution in [2.45, 2.75) is 32.3 Å². The highest BCUT2D eigenvalue weighted by atomic mass is 35.5. The lowest BCUT2D eigenvalue weighted by molar-refractivity contribution is -0.132. The van der Waals surface area contributed by atoms with E-state index in [1.807, 2.05) is 6.07 Å². The third-order valence-electron chi connectivity index (χ3n) is 2.66. The van der Waals surface area contributed by atoms with Crippen LogP contribution in [0.4, 0.5) is 0 Å². The molecule has 0 aliphatic carbocycles. The fourth-order valence-corrected chi connectivity index (χ4v) is 2.13. The monoisotopic (exact) mass is 303 g/mol. The Labute approximate surface area is 124 Å². The molecule has 1 aromatic rings. The van der Waals surface area contributed by atoms with Crippen molar-refractivity contribution in [2.75, 3.05) is 13.6 Å². The first kappa shape index (κ1) is 16.3. The van der Waals surface area contributed by atoms with Crippen LogP contribution in [0.5, 0.6) is 0 Å². The first-order chi connectivity index (χ1) is 8.69. The van der Waals surface area contributed by atoms with Crippen molar-refractivity contribution in [3.63, 3.8) is 0 Å². The number of benzene rings is 1. The number of carbonyl (C=O) groups excluding carboxylic acids is 1. The minimum absolute atomic E-state index is 0.00630. The van der Waals surface area contributed by atoms with Gasteiger partial charge in [-0.15, -0.1) is 0 Å². The molecule has 1 aromatic carbocycles. The number of carbonyl (C=O) groups is 1. The summed E-state index contributed by atoms with van der Waals surface area (Å²) >= 11 is 11.8. The van der Waals surface area contributed by atoms with Crippen LogP contribution < -0.4 is 0 Å². The van der Waals surface area contributed by atoms with Crippen molar-refractivity contribution in [3.05, 3.63) is 33.8 Å². The molecule has 0 heterocycles. The highest BCUT2D eigenvalue weighted by Crippen LogP contribution is 2.23.